The van der Waals surface area contributed by atoms with Crippen LogP contribution in [0.1, 0.15) is 27.0 Å². The molecule has 0 aliphatic carbocycles. The molecule has 0 unspecified atom stereocenters. The second-order valence-corrected chi connectivity index (χ2v) is 5.57. The molecule has 0 spiro atoms. The summed E-state index contributed by atoms with van der Waals surface area (Å²) in [7, 11) is 1.57. The number of rotatable bonds is 3. The SMILES string of the molecule is COc1ccc(Br)cc1C(=O)c1ccc2c(c1)COC2. The minimum absolute atomic E-state index is 0.0437. The predicted molar refractivity (Wildman–Crippen MR) is 79.1 cm³/mol. The van der Waals surface area contributed by atoms with Crippen LogP contribution in [0.15, 0.2) is 40.9 Å². The maximum atomic E-state index is 12.6. The Bertz CT molecular complexity index is 679. The van der Waals surface area contributed by atoms with Crippen LogP contribution in [0, 0.1) is 0 Å². The van der Waals surface area contributed by atoms with E-state index in [1.807, 2.05) is 24.3 Å². The first-order chi connectivity index (χ1) is 9.69. The van der Waals surface area contributed by atoms with Gasteiger partial charge in [-0.05, 0) is 35.4 Å². The molecule has 1 heterocycles. The summed E-state index contributed by atoms with van der Waals surface area (Å²) < 4.78 is 11.5. The number of carbonyl (C=O) groups excluding carboxylic acids is 1. The third-order valence-electron chi connectivity index (χ3n) is 3.39. The van der Waals surface area contributed by atoms with Gasteiger partial charge in [0.1, 0.15) is 5.75 Å². The van der Waals surface area contributed by atoms with Gasteiger partial charge < -0.3 is 9.47 Å². The number of ketones is 1. The molecule has 2 aromatic rings. The molecule has 0 amide bonds. The van der Waals surface area contributed by atoms with E-state index in [2.05, 4.69) is 15.9 Å². The van der Waals surface area contributed by atoms with Gasteiger partial charge >= 0.3 is 0 Å². The van der Waals surface area contributed by atoms with E-state index in [4.69, 9.17) is 9.47 Å². The quantitative estimate of drug-likeness (QED) is 0.803. The summed E-state index contributed by atoms with van der Waals surface area (Å²) in [4.78, 5) is 12.6. The molecule has 0 fully saturated rings. The molecule has 0 radical (unpaired) electrons. The van der Waals surface area contributed by atoms with Gasteiger partial charge in [0, 0.05) is 10.0 Å². The van der Waals surface area contributed by atoms with Crippen molar-refractivity contribution in [2.45, 2.75) is 13.2 Å². The number of halogens is 1. The van der Waals surface area contributed by atoms with Gasteiger partial charge in [-0.2, -0.15) is 0 Å². The molecule has 3 rings (SSSR count). The standard InChI is InChI=1S/C16H13BrO3/c1-19-15-5-4-13(17)7-14(15)16(18)10-2-3-11-8-20-9-12(11)6-10/h2-7H,8-9H2,1H3. The van der Waals surface area contributed by atoms with Crippen LogP contribution in [0.2, 0.25) is 0 Å². The van der Waals surface area contributed by atoms with Crippen LogP contribution >= 0.6 is 15.9 Å². The van der Waals surface area contributed by atoms with E-state index in [-0.39, 0.29) is 5.78 Å². The number of ether oxygens (including phenoxy) is 2. The molecule has 4 heteroatoms. The first-order valence-electron chi connectivity index (χ1n) is 6.27. The van der Waals surface area contributed by atoms with Gasteiger partial charge in [0.25, 0.3) is 0 Å². The predicted octanol–water partition coefficient (Wildman–Crippen LogP) is 3.72. The highest BCUT2D eigenvalue weighted by molar-refractivity contribution is 9.10. The van der Waals surface area contributed by atoms with E-state index in [0.717, 1.165) is 15.6 Å². The minimum Gasteiger partial charge on any atom is -0.496 e. The molecule has 0 saturated carbocycles. The molecular formula is C16H13BrO3. The average molecular weight is 333 g/mol. The van der Waals surface area contributed by atoms with Crippen molar-refractivity contribution >= 4 is 21.7 Å². The van der Waals surface area contributed by atoms with E-state index in [9.17, 15) is 4.79 Å². The maximum absolute atomic E-state index is 12.6. The van der Waals surface area contributed by atoms with Crippen molar-refractivity contribution in [2.24, 2.45) is 0 Å². The molecule has 102 valence electrons. The highest BCUT2D eigenvalue weighted by atomic mass is 79.9. The lowest BCUT2D eigenvalue weighted by atomic mass is 9.99. The molecular weight excluding hydrogens is 320 g/mol. The first-order valence-corrected chi connectivity index (χ1v) is 7.06. The zero-order valence-electron chi connectivity index (χ0n) is 11.0. The monoisotopic (exact) mass is 332 g/mol. The van der Waals surface area contributed by atoms with Crippen molar-refractivity contribution in [3.05, 3.63) is 63.1 Å². The van der Waals surface area contributed by atoms with E-state index in [0.29, 0.717) is 30.1 Å². The van der Waals surface area contributed by atoms with Crippen molar-refractivity contribution in [3.63, 3.8) is 0 Å². The summed E-state index contributed by atoms with van der Waals surface area (Å²) in [6, 6.07) is 11.1. The summed E-state index contributed by atoms with van der Waals surface area (Å²) in [6.07, 6.45) is 0. The van der Waals surface area contributed by atoms with Gasteiger partial charge in [0.2, 0.25) is 0 Å². The van der Waals surface area contributed by atoms with Crippen molar-refractivity contribution in [3.8, 4) is 5.75 Å². The number of carbonyl (C=O) groups is 1. The van der Waals surface area contributed by atoms with Crippen LogP contribution in [-0.4, -0.2) is 12.9 Å². The summed E-state index contributed by atoms with van der Waals surface area (Å²) in [5.41, 5.74) is 3.46. The van der Waals surface area contributed by atoms with Crippen LogP contribution in [0.5, 0.6) is 5.75 Å². The Morgan fingerprint density at radius 2 is 1.95 bits per heavy atom. The van der Waals surface area contributed by atoms with E-state index in [1.165, 1.54) is 0 Å². The molecule has 0 bridgehead atoms. The topological polar surface area (TPSA) is 35.5 Å². The highest BCUT2D eigenvalue weighted by Crippen LogP contribution is 2.27. The van der Waals surface area contributed by atoms with Crippen LogP contribution < -0.4 is 4.74 Å². The molecule has 1 aliphatic rings. The summed E-state index contributed by atoms with van der Waals surface area (Å²) in [5, 5.41) is 0. The lowest BCUT2D eigenvalue weighted by Gasteiger charge is -2.09. The molecule has 0 N–H and O–H groups in total. The first kappa shape index (κ1) is 13.3. The zero-order chi connectivity index (χ0) is 14.1. The Morgan fingerprint density at radius 1 is 1.15 bits per heavy atom. The van der Waals surface area contributed by atoms with E-state index in [1.54, 1.807) is 19.2 Å². The summed E-state index contributed by atoms with van der Waals surface area (Å²) in [6.45, 7) is 1.20. The number of methoxy groups -OCH3 is 1. The fourth-order valence-electron chi connectivity index (χ4n) is 2.33. The van der Waals surface area contributed by atoms with Gasteiger partial charge in [-0.25, -0.2) is 0 Å². The van der Waals surface area contributed by atoms with E-state index < -0.39 is 0 Å². The largest absolute Gasteiger partial charge is 0.496 e. The Balaban J connectivity index is 2.02. The molecule has 3 nitrogen and oxygen atoms in total. The molecule has 0 aromatic heterocycles. The third-order valence-corrected chi connectivity index (χ3v) is 3.88. The van der Waals surface area contributed by atoms with Gasteiger partial charge in [-0.1, -0.05) is 28.1 Å². The van der Waals surface area contributed by atoms with Gasteiger partial charge in [-0.3, -0.25) is 4.79 Å². The Morgan fingerprint density at radius 3 is 2.75 bits per heavy atom. The van der Waals surface area contributed by atoms with Crippen molar-refractivity contribution in [1.29, 1.82) is 0 Å². The third kappa shape index (κ3) is 2.37. The minimum atomic E-state index is -0.0437. The van der Waals surface area contributed by atoms with Gasteiger partial charge in [0.05, 0.1) is 25.9 Å². The van der Waals surface area contributed by atoms with Crippen LogP contribution in [0.25, 0.3) is 0 Å². The van der Waals surface area contributed by atoms with Crippen molar-refractivity contribution in [1.82, 2.24) is 0 Å². The Hall–Kier alpha value is -1.65. The Kier molecular flexibility index (Phi) is 3.59. The summed E-state index contributed by atoms with van der Waals surface area (Å²) in [5.74, 6) is 0.535. The fraction of sp³-hybridized carbons (Fsp3) is 0.188. The zero-order valence-corrected chi connectivity index (χ0v) is 12.6. The van der Waals surface area contributed by atoms with Gasteiger partial charge in [0.15, 0.2) is 5.78 Å². The number of fused-ring (bicyclic) bond motifs is 1. The normalized spacial score (nSPS) is 13.1. The second kappa shape index (κ2) is 5.38. The number of hydrogen-bond acceptors (Lipinski definition) is 3. The lowest BCUT2D eigenvalue weighted by molar-refractivity contribution is 0.103. The lowest BCUT2D eigenvalue weighted by Crippen LogP contribution is -2.05. The Labute approximate surface area is 125 Å². The second-order valence-electron chi connectivity index (χ2n) is 4.65. The smallest absolute Gasteiger partial charge is 0.196 e. The summed E-state index contributed by atoms with van der Waals surface area (Å²) >= 11 is 3.39. The molecule has 2 aromatic carbocycles. The number of benzene rings is 2. The van der Waals surface area contributed by atoms with Crippen molar-refractivity contribution in [2.75, 3.05) is 7.11 Å². The number of hydrogen-bond donors (Lipinski definition) is 0. The average Bonchev–Trinajstić information content (AvgIpc) is 2.93. The molecule has 0 saturated heterocycles. The van der Waals surface area contributed by atoms with Crippen LogP contribution in [0.3, 0.4) is 0 Å². The molecule has 0 atom stereocenters. The van der Waals surface area contributed by atoms with Gasteiger partial charge in [-0.15, -0.1) is 0 Å². The van der Waals surface area contributed by atoms with Crippen LogP contribution in [0.4, 0.5) is 0 Å². The van der Waals surface area contributed by atoms with Crippen molar-refractivity contribution < 1.29 is 14.3 Å². The maximum Gasteiger partial charge on any atom is 0.196 e. The highest BCUT2D eigenvalue weighted by Gasteiger charge is 2.18. The molecule has 20 heavy (non-hydrogen) atoms. The molecule has 1 aliphatic heterocycles. The fourth-order valence-corrected chi connectivity index (χ4v) is 2.69. The van der Waals surface area contributed by atoms with Crippen LogP contribution in [-0.2, 0) is 18.0 Å². The van der Waals surface area contributed by atoms with E-state index >= 15 is 0 Å².